The Morgan fingerprint density at radius 3 is 1.90 bits per heavy atom. The van der Waals surface area contributed by atoms with Gasteiger partial charge in [-0.2, -0.15) is 0 Å². The van der Waals surface area contributed by atoms with Crippen LogP contribution >= 0.6 is 0 Å². The number of hydrogen-bond donors (Lipinski definition) is 0. The largest absolute Gasteiger partial charge is 0.744 e. The van der Waals surface area contributed by atoms with Crippen LogP contribution in [0.25, 0.3) is 11.1 Å². The third-order valence-corrected chi connectivity index (χ3v) is 4.08. The molecule has 0 N–H and O–H groups in total. The lowest BCUT2D eigenvalue weighted by Gasteiger charge is -2.24. The van der Waals surface area contributed by atoms with Crippen LogP contribution in [0.5, 0.6) is 0 Å². The van der Waals surface area contributed by atoms with Gasteiger partial charge in [-0.05, 0) is 28.2 Å². The fourth-order valence-corrected chi connectivity index (χ4v) is 2.97. The van der Waals surface area contributed by atoms with Crippen LogP contribution in [0, 0.1) is 0 Å². The zero-order valence-corrected chi connectivity index (χ0v) is 12.6. The van der Waals surface area contributed by atoms with E-state index >= 15 is 0 Å². The smallest absolute Gasteiger partial charge is 0.125 e. The van der Waals surface area contributed by atoms with Crippen molar-refractivity contribution in [2.75, 3.05) is 0 Å². The van der Waals surface area contributed by atoms with E-state index in [-0.39, 0.29) is 10.3 Å². The van der Waals surface area contributed by atoms with E-state index in [1.165, 1.54) is 6.07 Å². The van der Waals surface area contributed by atoms with Gasteiger partial charge in [0.15, 0.2) is 0 Å². The van der Waals surface area contributed by atoms with Crippen LogP contribution in [-0.4, -0.2) is 13.0 Å². The molecular formula is C16H17O3S-. The lowest BCUT2D eigenvalue weighted by atomic mass is 9.82. The van der Waals surface area contributed by atoms with Crippen molar-refractivity contribution in [3.05, 3.63) is 54.1 Å². The van der Waals surface area contributed by atoms with E-state index in [0.717, 1.165) is 11.1 Å². The lowest BCUT2D eigenvalue weighted by Crippen LogP contribution is -2.13. The molecule has 0 atom stereocenters. The Morgan fingerprint density at radius 1 is 0.850 bits per heavy atom. The third-order valence-electron chi connectivity index (χ3n) is 3.18. The number of benzene rings is 2. The summed E-state index contributed by atoms with van der Waals surface area (Å²) in [5.74, 6) is 0. The molecule has 2 aromatic rings. The van der Waals surface area contributed by atoms with Gasteiger partial charge in [0, 0.05) is 0 Å². The van der Waals surface area contributed by atoms with Gasteiger partial charge < -0.3 is 4.55 Å². The molecule has 3 nitrogen and oxygen atoms in total. The molecule has 0 saturated carbocycles. The summed E-state index contributed by atoms with van der Waals surface area (Å²) in [5.41, 5.74) is 2.12. The van der Waals surface area contributed by atoms with Gasteiger partial charge in [0.05, 0.1) is 4.90 Å². The summed E-state index contributed by atoms with van der Waals surface area (Å²) >= 11 is 0. The minimum absolute atomic E-state index is 0.143. The van der Waals surface area contributed by atoms with E-state index in [0.29, 0.717) is 5.56 Å². The highest BCUT2D eigenvalue weighted by atomic mass is 32.2. The van der Waals surface area contributed by atoms with Gasteiger partial charge in [-0.3, -0.25) is 0 Å². The van der Waals surface area contributed by atoms with Crippen LogP contribution in [0.4, 0.5) is 0 Å². The van der Waals surface area contributed by atoms with Crippen molar-refractivity contribution in [2.24, 2.45) is 0 Å². The minimum Gasteiger partial charge on any atom is -0.744 e. The Balaban J connectivity index is 2.78. The average molecular weight is 289 g/mol. The Labute approximate surface area is 120 Å². The molecule has 0 spiro atoms. The predicted octanol–water partition coefficient (Wildman–Crippen LogP) is 3.56. The van der Waals surface area contributed by atoms with Gasteiger partial charge in [0.1, 0.15) is 10.1 Å². The third kappa shape index (κ3) is 2.92. The number of rotatable bonds is 2. The monoisotopic (exact) mass is 289 g/mol. The molecule has 0 saturated heterocycles. The van der Waals surface area contributed by atoms with Gasteiger partial charge in [-0.15, -0.1) is 0 Å². The van der Waals surface area contributed by atoms with Crippen molar-refractivity contribution >= 4 is 10.1 Å². The molecular weight excluding hydrogens is 272 g/mol. The molecule has 2 aromatic carbocycles. The summed E-state index contributed by atoms with van der Waals surface area (Å²) in [7, 11) is -4.49. The highest BCUT2D eigenvalue weighted by molar-refractivity contribution is 7.85. The van der Waals surface area contributed by atoms with E-state index in [1.807, 2.05) is 24.3 Å². The maximum atomic E-state index is 11.4. The first kappa shape index (κ1) is 14.8. The fraction of sp³-hybridized carbons (Fsp3) is 0.250. The first-order valence-electron chi connectivity index (χ1n) is 6.36. The normalized spacial score (nSPS) is 12.4. The van der Waals surface area contributed by atoms with Crippen LogP contribution in [0.15, 0.2) is 53.4 Å². The first-order valence-corrected chi connectivity index (χ1v) is 7.77. The second-order valence-corrected chi connectivity index (χ2v) is 7.09. The molecule has 0 aliphatic rings. The zero-order chi connectivity index (χ0) is 15.0. The van der Waals surface area contributed by atoms with Gasteiger partial charge in [0.25, 0.3) is 0 Å². The van der Waals surface area contributed by atoms with Gasteiger partial charge in [0.2, 0.25) is 0 Å². The fourth-order valence-electron chi connectivity index (χ4n) is 2.28. The molecule has 106 valence electrons. The highest BCUT2D eigenvalue weighted by Gasteiger charge is 2.20. The molecule has 2 rings (SSSR count). The summed E-state index contributed by atoms with van der Waals surface area (Å²) in [5, 5.41) is 0. The van der Waals surface area contributed by atoms with Crippen LogP contribution in [0.2, 0.25) is 0 Å². The Kier molecular flexibility index (Phi) is 3.71. The SMILES string of the molecule is CC(C)(C)c1ccccc1-c1ccccc1S(=O)(=O)[O-]. The predicted molar refractivity (Wildman–Crippen MR) is 78.5 cm³/mol. The maximum absolute atomic E-state index is 11.4. The molecule has 0 aliphatic carbocycles. The second kappa shape index (κ2) is 5.04. The highest BCUT2D eigenvalue weighted by Crippen LogP contribution is 2.35. The van der Waals surface area contributed by atoms with Crippen molar-refractivity contribution in [3.8, 4) is 11.1 Å². The molecule has 0 bridgehead atoms. The maximum Gasteiger partial charge on any atom is 0.125 e. The van der Waals surface area contributed by atoms with Crippen molar-refractivity contribution in [3.63, 3.8) is 0 Å². The molecule has 0 unspecified atom stereocenters. The quantitative estimate of drug-likeness (QED) is 0.794. The molecule has 0 aromatic heterocycles. The summed E-state index contributed by atoms with van der Waals surface area (Å²) in [6.45, 7) is 6.17. The van der Waals surface area contributed by atoms with Crippen LogP contribution in [0.1, 0.15) is 26.3 Å². The average Bonchev–Trinajstić information content (AvgIpc) is 2.37. The molecule has 4 heteroatoms. The summed E-state index contributed by atoms with van der Waals surface area (Å²) in [4.78, 5) is -0.170. The zero-order valence-electron chi connectivity index (χ0n) is 11.8. The standard InChI is InChI=1S/C16H18O3S/c1-16(2,3)14-10-6-4-8-12(14)13-9-5-7-11-15(13)20(17,18)19/h4-11H,1-3H3,(H,17,18,19)/p-1. The van der Waals surface area contributed by atoms with Crippen molar-refractivity contribution in [1.82, 2.24) is 0 Å². The van der Waals surface area contributed by atoms with Gasteiger partial charge in [-0.25, -0.2) is 8.42 Å². The van der Waals surface area contributed by atoms with E-state index in [2.05, 4.69) is 20.8 Å². The molecule has 0 heterocycles. The van der Waals surface area contributed by atoms with E-state index in [1.54, 1.807) is 18.2 Å². The lowest BCUT2D eigenvalue weighted by molar-refractivity contribution is 0.463. The van der Waals surface area contributed by atoms with E-state index < -0.39 is 10.1 Å². The summed E-state index contributed by atoms with van der Waals surface area (Å²) in [6.07, 6.45) is 0. The molecule has 20 heavy (non-hydrogen) atoms. The second-order valence-electron chi connectivity index (χ2n) is 5.75. The van der Waals surface area contributed by atoms with E-state index in [4.69, 9.17) is 0 Å². The molecule has 0 aliphatic heterocycles. The first-order chi connectivity index (χ1) is 9.21. The molecule has 0 radical (unpaired) electrons. The van der Waals surface area contributed by atoms with Crippen LogP contribution in [-0.2, 0) is 15.5 Å². The Bertz CT molecular complexity index is 725. The van der Waals surface area contributed by atoms with E-state index in [9.17, 15) is 13.0 Å². The molecule has 0 fully saturated rings. The van der Waals surface area contributed by atoms with Crippen LogP contribution < -0.4 is 0 Å². The Morgan fingerprint density at radius 2 is 1.35 bits per heavy atom. The summed E-state index contributed by atoms with van der Waals surface area (Å²) in [6, 6.07) is 13.9. The number of hydrogen-bond acceptors (Lipinski definition) is 3. The van der Waals surface area contributed by atoms with Crippen molar-refractivity contribution in [1.29, 1.82) is 0 Å². The summed E-state index contributed by atoms with van der Waals surface area (Å²) < 4.78 is 34.3. The Hall–Kier alpha value is -1.65. The van der Waals surface area contributed by atoms with Crippen LogP contribution in [0.3, 0.4) is 0 Å². The minimum atomic E-state index is -4.49. The topological polar surface area (TPSA) is 57.2 Å². The van der Waals surface area contributed by atoms with Crippen molar-refractivity contribution < 1.29 is 13.0 Å². The van der Waals surface area contributed by atoms with Crippen molar-refractivity contribution in [2.45, 2.75) is 31.1 Å². The molecule has 0 amide bonds. The van der Waals surface area contributed by atoms with Gasteiger partial charge in [-0.1, -0.05) is 63.2 Å². The van der Waals surface area contributed by atoms with Gasteiger partial charge >= 0.3 is 0 Å².